The number of nitrogens with one attached hydrogen (secondary N) is 1. The predicted molar refractivity (Wildman–Crippen MR) is 132 cm³/mol. The summed E-state index contributed by atoms with van der Waals surface area (Å²) in [7, 11) is 5.73. The van der Waals surface area contributed by atoms with Crippen LogP contribution in [0.1, 0.15) is 36.3 Å². The number of hydrogen-bond donors (Lipinski definition) is 2. The molecule has 0 saturated heterocycles. The third kappa shape index (κ3) is 5.42. The van der Waals surface area contributed by atoms with Crippen molar-refractivity contribution >= 4 is 22.9 Å². The number of rotatable bonds is 9. The topological polar surface area (TPSA) is 88.7 Å². The predicted octanol–water partition coefficient (Wildman–Crippen LogP) is 4.30. The van der Waals surface area contributed by atoms with Gasteiger partial charge in [0.2, 0.25) is 0 Å². The molecule has 0 bridgehead atoms. The maximum atomic E-state index is 6.48. The van der Waals surface area contributed by atoms with E-state index in [1.165, 1.54) is 0 Å². The first-order valence-electron chi connectivity index (χ1n) is 10.7. The zero-order valence-electron chi connectivity index (χ0n) is 19.5. The first-order valence-corrected chi connectivity index (χ1v) is 10.7. The van der Waals surface area contributed by atoms with E-state index in [0.717, 1.165) is 46.9 Å². The Morgan fingerprint density at radius 2 is 1.78 bits per heavy atom. The number of aromatic nitrogens is 2. The molecule has 1 atom stereocenters. The normalized spacial score (nSPS) is 12.5. The molecule has 0 fully saturated rings. The summed E-state index contributed by atoms with van der Waals surface area (Å²) in [6, 6.07) is 18.1. The van der Waals surface area contributed by atoms with Crippen molar-refractivity contribution in [2.45, 2.75) is 26.4 Å². The van der Waals surface area contributed by atoms with Crippen LogP contribution in [-0.2, 0) is 0 Å². The highest BCUT2D eigenvalue weighted by Crippen LogP contribution is 2.34. The van der Waals surface area contributed by atoms with Crippen molar-refractivity contribution in [1.82, 2.24) is 15.5 Å². The third-order valence-corrected chi connectivity index (χ3v) is 5.20. The molecule has 1 unspecified atom stereocenters. The van der Waals surface area contributed by atoms with Gasteiger partial charge in [-0.2, -0.15) is 5.10 Å². The zero-order valence-corrected chi connectivity index (χ0v) is 19.5. The fraction of sp³-hybridized carbons (Fsp3) is 0.320. The van der Waals surface area contributed by atoms with Gasteiger partial charge in [0.25, 0.3) is 0 Å². The van der Waals surface area contributed by atoms with E-state index in [-0.39, 0.29) is 6.10 Å². The molecular formula is C25H32N6O. The van der Waals surface area contributed by atoms with Gasteiger partial charge in [0.05, 0.1) is 11.4 Å². The van der Waals surface area contributed by atoms with Crippen LogP contribution in [0.4, 0.5) is 17.2 Å². The Kier molecular flexibility index (Phi) is 7.78. The quantitative estimate of drug-likeness (QED) is 0.490. The molecule has 168 valence electrons. The van der Waals surface area contributed by atoms with E-state index in [9.17, 15) is 0 Å². The van der Waals surface area contributed by atoms with E-state index in [4.69, 9.17) is 15.5 Å². The summed E-state index contributed by atoms with van der Waals surface area (Å²) in [5.41, 5.74) is 11.2. The van der Waals surface area contributed by atoms with Crippen LogP contribution < -0.4 is 20.7 Å². The smallest absolute Gasteiger partial charge is 0.174 e. The van der Waals surface area contributed by atoms with Gasteiger partial charge in [-0.25, -0.2) is 4.99 Å². The van der Waals surface area contributed by atoms with Crippen LogP contribution in [0, 0.1) is 6.92 Å². The highest BCUT2D eigenvalue weighted by atomic mass is 16.5. The fourth-order valence-corrected chi connectivity index (χ4v) is 3.60. The highest BCUT2D eigenvalue weighted by molar-refractivity contribution is 6.07. The maximum absolute atomic E-state index is 6.48. The zero-order chi connectivity index (χ0) is 23.1. The minimum atomic E-state index is -0.0879. The standard InChI is InChI=1S/C25H32N6O/c1-17(23-18(2)29-30-25(24(23)26)31(4)5)28-20-13-9-10-14-22(20)32-21(15-16-27-3)19-11-7-6-8-12-19/h6-14,21,27H,15-16H2,1-5H3,(H2,26,29). The molecule has 0 amide bonds. The lowest BCUT2D eigenvalue weighted by molar-refractivity contribution is 0.196. The number of nitrogens with two attached hydrogens (primary N) is 1. The lowest BCUT2D eigenvalue weighted by Crippen LogP contribution is -2.18. The summed E-state index contributed by atoms with van der Waals surface area (Å²) in [6.45, 7) is 4.67. The Labute approximate surface area is 190 Å². The van der Waals surface area contributed by atoms with Crippen molar-refractivity contribution in [2.75, 3.05) is 38.3 Å². The number of ether oxygens (including phenoxy) is 1. The number of benzene rings is 2. The molecule has 7 heteroatoms. The second kappa shape index (κ2) is 10.7. The summed E-state index contributed by atoms with van der Waals surface area (Å²) in [4.78, 5) is 6.74. The van der Waals surface area contributed by atoms with Crippen molar-refractivity contribution in [2.24, 2.45) is 4.99 Å². The van der Waals surface area contributed by atoms with E-state index >= 15 is 0 Å². The molecule has 0 aliphatic heterocycles. The number of nitrogens with zero attached hydrogens (tertiary/aromatic N) is 4. The van der Waals surface area contributed by atoms with Crippen LogP contribution in [0.3, 0.4) is 0 Å². The summed E-state index contributed by atoms with van der Waals surface area (Å²) in [5, 5.41) is 11.7. The van der Waals surface area contributed by atoms with Crippen LogP contribution >= 0.6 is 0 Å². The molecular weight excluding hydrogens is 400 g/mol. The monoisotopic (exact) mass is 432 g/mol. The van der Waals surface area contributed by atoms with Gasteiger partial charge in [0.1, 0.15) is 17.5 Å². The van der Waals surface area contributed by atoms with Gasteiger partial charge in [-0.05, 0) is 45.1 Å². The number of nitrogen functional groups attached to an aromatic ring is 1. The molecule has 7 nitrogen and oxygen atoms in total. The average Bonchev–Trinajstić information content (AvgIpc) is 2.78. The SMILES string of the molecule is CNCCC(Oc1ccccc1N=C(C)c1c(C)nnc(N(C)C)c1N)c1ccccc1. The van der Waals surface area contributed by atoms with Crippen molar-refractivity contribution in [3.63, 3.8) is 0 Å². The van der Waals surface area contributed by atoms with Gasteiger partial charge in [-0.1, -0.05) is 42.5 Å². The number of hydrogen-bond acceptors (Lipinski definition) is 7. The fourth-order valence-electron chi connectivity index (χ4n) is 3.60. The van der Waals surface area contributed by atoms with Gasteiger partial charge < -0.3 is 20.7 Å². The number of para-hydroxylation sites is 2. The van der Waals surface area contributed by atoms with E-state index in [1.54, 1.807) is 0 Å². The van der Waals surface area contributed by atoms with Crippen LogP contribution in [0.25, 0.3) is 0 Å². The number of aryl methyl sites for hydroxylation is 1. The molecule has 1 heterocycles. The van der Waals surface area contributed by atoms with Gasteiger partial charge in [-0.15, -0.1) is 5.10 Å². The number of anilines is 2. The molecule has 2 aromatic carbocycles. The lowest BCUT2D eigenvalue weighted by atomic mass is 10.1. The van der Waals surface area contributed by atoms with Crippen molar-refractivity contribution in [3.05, 3.63) is 71.4 Å². The molecule has 1 aromatic heterocycles. The summed E-state index contributed by atoms with van der Waals surface area (Å²) in [6.07, 6.45) is 0.749. The molecule has 0 radical (unpaired) electrons. The molecule has 32 heavy (non-hydrogen) atoms. The van der Waals surface area contributed by atoms with E-state index < -0.39 is 0 Å². The van der Waals surface area contributed by atoms with Gasteiger partial charge >= 0.3 is 0 Å². The Morgan fingerprint density at radius 1 is 1.09 bits per heavy atom. The first-order chi connectivity index (χ1) is 15.4. The highest BCUT2D eigenvalue weighted by Gasteiger charge is 2.18. The lowest BCUT2D eigenvalue weighted by Gasteiger charge is -2.21. The molecule has 0 aliphatic carbocycles. The summed E-state index contributed by atoms with van der Waals surface area (Å²) >= 11 is 0. The second-order valence-corrected chi connectivity index (χ2v) is 7.87. The van der Waals surface area contributed by atoms with Crippen LogP contribution in [0.5, 0.6) is 5.75 Å². The second-order valence-electron chi connectivity index (χ2n) is 7.87. The van der Waals surface area contributed by atoms with E-state index in [2.05, 4.69) is 27.6 Å². The average molecular weight is 433 g/mol. The van der Waals surface area contributed by atoms with E-state index in [0.29, 0.717) is 11.5 Å². The Hall–Kier alpha value is -3.45. The van der Waals surface area contributed by atoms with Gasteiger partial charge in [0.15, 0.2) is 5.82 Å². The van der Waals surface area contributed by atoms with Crippen LogP contribution in [-0.4, -0.2) is 43.6 Å². The van der Waals surface area contributed by atoms with Crippen LogP contribution in [0.2, 0.25) is 0 Å². The van der Waals surface area contributed by atoms with Crippen molar-refractivity contribution in [1.29, 1.82) is 0 Å². The van der Waals surface area contributed by atoms with Crippen molar-refractivity contribution < 1.29 is 4.74 Å². The summed E-state index contributed by atoms with van der Waals surface area (Å²) < 4.78 is 6.48. The molecule has 3 N–H and O–H groups in total. The minimum absolute atomic E-state index is 0.0879. The molecule has 0 saturated carbocycles. The van der Waals surface area contributed by atoms with E-state index in [1.807, 2.05) is 82.4 Å². The molecule has 0 aliphatic rings. The summed E-state index contributed by atoms with van der Waals surface area (Å²) in [5.74, 6) is 1.35. The minimum Gasteiger partial charge on any atom is -0.483 e. The maximum Gasteiger partial charge on any atom is 0.174 e. The Bertz CT molecular complexity index is 1070. The molecule has 0 spiro atoms. The molecule has 3 rings (SSSR count). The molecule has 3 aromatic rings. The largest absolute Gasteiger partial charge is 0.483 e. The first kappa shape index (κ1) is 23.2. The Morgan fingerprint density at radius 3 is 2.47 bits per heavy atom. The number of aliphatic imine (C=N–C) groups is 1. The van der Waals surface area contributed by atoms with Gasteiger partial charge in [-0.3, -0.25) is 0 Å². The van der Waals surface area contributed by atoms with Crippen molar-refractivity contribution in [3.8, 4) is 5.75 Å². The Balaban J connectivity index is 1.98. The van der Waals surface area contributed by atoms with Gasteiger partial charge in [0, 0.05) is 31.8 Å². The van der Waals surface area contributed by atoms with Crippen LogP contribution in [0.15, 0.2) is 59.6 Å². The third-order valence-electron chi connectivity index (χ3n) is 5.20.